The molecule has 0 amide bonds. The SMILES string of the molecule is CC(COc1ccccc1)NCc1ccc([C@@H](C)CS(C)(=O)=O)cc1.Cl. The van der Waals surface area contributed by atoms with Gasteiger partial charge < -0.3 is 10.1 Å². The number of nitrogens with one attached hydrogen (secondary N) is 1. The van der Waals surface area contributed by atoms with E-state index < -0.39 is 9.84 Å². The topological polar surface area (TPSA) is 55.4 Å². The van der Waals surface area contributed by atoms with Crippen molar-refractivity contribution in [1.82, 2.24) is 5.32 Å². The lowest BCUT2D eigenvalue weighted by Crippen LogP contribution is -2.31. The van der Waals surface area contributed by atoms with E-state index in [0.29, 0.717) is 6.61 Å². The standard InChI is InChI=1S/C20H27NO3S.ClH/c1-16(15-25(3,22)23)19-11-9-18(10-12-19)13-21-17(2)14-24-20-7-5-4-6-8-20;/h4-12,16-17,21H,13-15H2,1-3H3;1H/t16-,17?;/m0./s1. The molecule has 1 N–H and O–H groups in total. The number of halogens is 1. The van der Waals surface area contributed by atoms with Gasteiger partial charge in [-0.15, -0.1) is 12.4 Å². The fraction of sp³-hybridized carbons (Fsp3) is 0.400. The smallest absolute Gasteiger partial charge is 0.148 e. The van der Waals surface area contributed by atoms with Crippen molar-refractivity contribution in [2.75, 3.05) is 18.6 Å². The molecule has 26 heavy (non-hydrogen) atoms. The second-order valence-electron chi connectivity index (χ2n) is 6.64. The molecule has 0 saturated heterocycles. The predicted molar refractivity (Wildman–Crippen MR) is 110 cm³/mol. The summed E-state index contributed by atoms with van der Waals surface area (Å²) in [5.41, 5.74) is 2.22. The zero-order valence-electron chi connectivity index (χ0n) is 15.5. The molecular weight excluding hydrogens is 370 g/mol. The Morgan fingerprint density at radius 2 is 1.62 bits per heavy atom. The Kier molecular flexibility index (Phi) is 9.13. The molecule has 0 aromatic heterocycles. The third-order valence-corrected chi connectivity index (χ3v) is 5.10. The van der Waals surface area contributed by atoms with Crippen LogP contribution in [0.15, 0.2) is 54.6 Å². The second-order valence-corrected chi connectivity index (χ2v) is 8.83. The largest absolute Gasteiger partial charge is 0.492 e. The van der Waals surface area contributed by atoms with Crippen LogP contribution >= 0.6 is 12.4 Å². The van der Waals surface area contributed by atoms with Crippen molar-refractivity contribution in [2.45, 2.75) is 32.4 Å². The van der Waals surface area contributed by atoms with Crippen molar-refractivity contribution in [3.8, 4) is 5.75 Å². The van der Waals surface area contributed by atoms with Gasteiger partial charge >= 0.3 is 0 Å². The van der Waals surface area contributed by atoms with E-state index in [2.05, 4.69) is 12.2 Å². The molecule has 1 unspecified atom stereocenters. The van der Waals surface area contributed by atoms with E-state index in [1.54, 1.807) is 0 Å². The van der Waals surface area contributed by atoms with Crippen LogP contribution in [0.4, 0.5) is 0 Å². The van der Waals surface area contributed by atoms with Gasteiger partial charge in [-0.1, -0.05) is 49.4 Å². The molecule has 0 saturated carbocycles. The maximum absolute atomic E-state index is 11.4. The zero-order valence-corrected chi connectivity index (χ0v) is 17.1. The van der Waals surface area contributed by atoms with E-state index >= 15 is 0 Å². The third kappa shape index (κ3) is 8.21. The number of hydrogen-bond donors (Lipinski definition) is 1. The van der Waals surface area contributed by atoms with Crippen LogP contribution in [-0.2, 0) is 16.4 Å². The Balaban J connectivity index is 0.00000338. The summed E-state index contributed by atoms with van der Waals surface area (Å²) in [7, 11) is -2.96. The molecule has 0 aliphatic carbocycles. The molecule has 0 aliphatic heterocycles. The van der Waals surface area contributed by atoms with Crippen molar-refractivity contribution in [3.05, 3.63) is 65.7 Å². The number of ether oxygens (including phenoxy) is 1. The van der Waals surface area contributed by atoms with Crippen molar-refractivity contribution < 1.29 is 13.2 Å². The van der Waals surface area contributed by atoms with Gasteiger partial charge in [-0.05, 0) is 36.1 Å². The summed E-state index contributed by atoms with van der Waals surface area (Å²) in [4.78, 5) is 0. The van der Waals surface area contributed by atoms with Gasteiger partial charge in [0.2, 0.25) is 0 Å². The number of hydrogen-bond acceptors (Lipinski definition) is 4. The van der Waals surface area contributed by atoms with Gasteiger partial charge in [-0.3, -0.25) is 0 Å². The number of rotatable bonds is 9. The van der Waals surface area contributed by atoms with Crippen molar-refractivity contribution in [3.63, 3.8) is 0 Å². The summed E-state index contributed by atoms with van der Waals surface area (Å²) in [6.07, 6.45) is 1.28. The minimum Gasteiger partial charge on any atom is -0.492 e. The Bertz CT molecular complexity index is 748. The van der Waals surface area contributed by atoms with Crippen LogP contribution in [0.1, 0.15) is 30.9 Å². The maximum atomic E-state index is 11.4. The highest BCUT2D eigenvalue weighted by Crippen LogP contribution is 2.17. The van der Waals surface area contributed by atoms with Crippen LogP contribution in [0.3, 0.4) is 0 Å². The van der Waals surface area contributed by atoms with Crippen LogP contribution in [0, 0.1) is 0 Å². The van der Waals surface area contributed by atoms with Crippen LogP contribution in [0.5, 0.6) is 5.75 Å². The lowest BCUT2D eigenvalue weighted by Gasteiger charge is -2.16. The average Bonchev–Trinajstić information content (AvgIpc) is 2.58. The maximum Gasteiger partial charge on any atom is 0.148 e. The van der Waals surface area contributed by atoms with Gasteiger partial charge in [-0.2, -0.15) is 0 Å². The summed E-state index contributed by atoms with van der Waals surface area (Å²) in [5.74, 6) is 1.06. The number of benzene rings is 2. The van der Waals surface area contributed by atoms with Crippen LogP contribution in [-0.4, -0.2) is 33.1 Å². The van der Waals surface area contributed by atoms with Crippen LogP contribution < -0.4 is 10.1 Å². The van der Waals surface area contributed by atoms with Crippen molar-refractivity contribution in [2.24, 2.45) is 0 Å². The fourth-order valence-corrected chi connectivity index (χ4v) is 3.70. The van der Waals surface area contributed by atoms with Gasteiger partial charge in [-0.25, -0.2) is 8.42 Å². The number of sulfone groups is 1. The lowest BCUT2D eigenvalue weighted by molar-refractivity contribution is 0.272. The molecule has 0 bridgehead atoms. The first kappa shape index (κ1) is 22.5. The summed E-state index contributed by atoms with van der Waals surface area (Å²) < 4.78 is 28.5. The Labute approximate surface area is 163 Å². The molecular formula is C20H28ClNO3S. The molecule has 4 nitrogen and oxygen atoms in total. The second kappa shape index (κ2) is 10.6. The first-order valence-electron chi connectivity index (χ1n) is 8.51. The quantitative estimate of drug-likeness (QED) is 0.698. The monoisotopic (exact) mass is 397 g/mol. The van der Waals surface area contributed by atoms with E-state index in [-0.39, 0.29) is 30.1 Å². The first-order valence-corrected chi connectivity index (χ1v) is 10.6. The highest BCUT2D eigenvalue weighted by atomic mass is 35.5. The molecule has 0 radical (unpaired) electrons. The average molecular weight is 398 g/mol. The van der Waals surface area contributed by atoms with E-state index in [9.17, 15) is 8.42 Å². The molecule has 2 aromatic rings. The molecule has 0 spiro atoms. The molecule has 0 aliphatic rings. The van der Waals surface area contributed by atoms with Gasteiger partial charge in [0.05, 0.1) is 5.75 Å². The summed E-state index contributed by atoms with van der Waals surface area (Å²) in [6.45, 7) is 5.39. The van der Waals surface area contributed by atoms with E-state index in [1.807, 2.05) is 61.5 Å². The van der Waals surface area contributed by atoms with Gasteiger partial charge in [0.25, 0.3) is 0 Å². The zero-order chi connectivity index (χ0) is 18.3. The fourth-order valence-electron chi connectivity index (χ4n) is 2.60. The third-order valence-electron chi connectivity index (χ3n) is 4.00. The minimum atomic E-state index is -2.96. The summed E-state index contributed by atoms with van der Waals surface area (Å²) in [6, 6.07) is 18.1. The van der Waals surface area contributed by atoms with Gasteiger partial charge in [0, 0.05) is 18.8 Å². The van der Waals surface area contributed by atoms with Gasteiger partial charge in [0.15, 0.2) is 0 Å². The molecule has 2 aromatic carbocycles. The molecule has 0 heterocycles. The molecule has 6 heteroatoms. The number of para-hydroxylation sites is 1. The Morgan fingerprint density at radius 3 is 2.19 bits per heavy atom. The van der Waals surface area contributed by atoms with E-state index in [1.165, 1.54) is 11.8 Å². The highest BCUT2D eigenvalue weighted by molar-refractivity contribution is 7.90. The minimum absolute atomic E-state index is 0. The summed E-state index contributed by atoms with van der Waals surface area (Å²) in [5, 5.41) is 3.44. The van der Waals surface area contributed by atoms with Crippen LogP contribution in [0.25, 0.3) is 0 Å². The first-order chi connectivity index (χ1) is 11.8. The Morgan fingerprint density at radius 1 is 1.00 bits per heavy atom. The molecule has 144 valence electrons. The summed E-state index contributed by atoms with van der Waals surface area (Å²) >= 11 is 0. The van der Waals surface area contributed by atoms with E-state index in [4.69, 9.17) is 4.74 Å². The Hall–Kier alpha value is -1.56. The van der Waals surface area contributed by atoms with E-state index in [0.717, 1.165) is 17.9 Å². The molecule has 2 atom stereocenters. The lowest BCUT2D eigenvalue weighted by atomic mass is 10.0. The predicted octanol–water partition coefficient (Wildman–Crippen LogP) is 3.81. The van der Waals surface area contributed by atoms with Crippen molar-refractivity contribution >= 4 is 22.2 Å². The normalized spacial score (nSPS) is 13.5. The molecule has 0 fully saturated rings. The molecule has 2 rings (SSSR count). The van der Waals surface area contributed by atoms with Crippen LogP contribution in [0.2, 0.25) is 0 Å². The van der Waals surface area contributed by atoms with Crippen molar-refractivity contribution in [1.29, 1.82) is 0 Å². The highest BCUT2D eigenvalue weighted by Gasteiger charge is 2.12. The van der Waals surface area contributed by atoms with Gasteiger partial charge in [0.1, 0.15) is 22.2 Å².